The zero-order valence-corrected chi connectivity index (χ0v) is 14.7. The predicted molar refractivity (Wildman–Crippen MR) is 103 cm³/mol. The van der Waals surface area contributed by atoms with Crippen LogP contribution in [-0.4, -0.2) is 27.2 Å². The van der Waals surface area contributed by atoms with Crippen molar-refractivity contribution in [3.63, 3.8) is 0 Å². The Morgan fingerprint density at radius 3 is 1.56 bits per heavy atom. The topological polar surface area (TPSA) is 54.1 Å². The molecule has 4 rings (SSSR count). The number of rotatable bonds is 8. The van der Waals surface area contributed by atoms with Gasteiger partial charge in [-0.1, -0.05) is 60.7 Å². The van der Waals surface area contributed by atoms with Crippen LogP contribution in [-0.2, 0) is 13.1 Å². The Kier molecular flexibility index (Phi) is 5.20. The molecule has 27 heavy (non-hydrogen) atoms. The van der Waals surface area contributed by atoms with Gasteiger partial charge < -0.3 is 9.31 Å². The highest BCUT2D eigenvalue weighted by Gasteiger charge is 2.07. The zero-order chi connectivity index (χ0) is 18.3. The van der Waals surface area contributed by atoms with E-state index in [4.69, 9.17) is 9.31 Å². The molecule has 1 radical (unpaired) electrons. The molecular formula is C20H18BN4O2. The lowest BCUT2D eigenvalue weighted by Gasteiger charge is -2.03. The minimum atomic E-state index is 0.614. The first-order valence-electron chi connectivity index (χ1n) is 8.63. The van der Waals surface area contributed by atoms with Crippen molar-refractivity contribution in [2.75, 3.05) is 0 Å². The highest BCUT2D eigenvalue weighted by Crippen LogP contribution is 2.13. The Balaban J connectivity index is 1.25. The fourth-order valence-electron chi connectivity index (χ4n) is 2.66. The molecule has 2 aromatic heterocycles. The molecule has 0 N–H and O–H groups in total. The molecule has 0 saturated heterocycles. The minimum Gasteiger partial charge on any atom is -0.524 e. The maximum absolute atomic E-state index is 5.49. The molecule has 4 aromatic rings. The van der Waals surface area contributed by atoms with Gasteiger partial charge in [0.15, 0.2) is 0 Å². The van der Waals surface area contributed by atoms with Gasteiger partial charge in [0.1, 0.15) is 11.5 Å². The molecular weight excluding hydrogens is 339 g/mol. The van der Waals surface area contributed by atoms with E-state index in [1.54, 1.807) is 12.4 Å². The lowest BCUT2D eigenvalue weighted by molar-refractivity contribution is 0.458. The van der Waals surface area contributed by atoms with E-state index in [2.05, 4.69) is 34.5 Å². The summed E-state index contributed by atoms with van der Waals surface area (Å²) in [6.45, 7) is 1.38. The molecule has 0 saturated carbocycles. The van der Waals surface area contributed by atoms with E-state index in [9.17, 15) is 0 Å². The van der Waals surface area contributed by atoms with E-state index in [0.29, 0.717) is 24.6 Å². The molecule has 0 bridgehead atoms. The van der Waals surface area contributed by atoms with Gasteiger partial charge in [-0.05, 0) is 11.1 Å². The van der Waals surface area contributed by atoms with Gasteiger partial charge in [0.2, 0.25) is 0 Å². The molecule has 2 aromatic carbocycles. The number of benzene rings is 2. The van der Waals surface area contributed by atoms with Crippen molar-refractivity contribution in [1.29, 1.82) is 0 Å². The van der Waals surface area contributed by atoms with Crippen molar-refractivity contribution in [3.8, 4) is 11.5 Å². The van der Waals surface area contributed by atoms with Gasteiger partial charge in [-0.15, -0.1) is 0 Å². The smallest absolute Gasteiger partial charge is 0.524 e. The second-order valence-electron chi connectivity index (χ2n) is 6.05. The third kappa shape index (κ3) is 4.79. The number of aromatic nitrogens is 4. The Labute approximate surface area is 158 Å². The molecule has 6 nitrogen and oxygen atoms in total. The molecule has 0 aliphatic carbocycles. The Bertz CT molecular complexity index is 890. The minimum absolute atomic E-state index is 0.614. The Hall–Kier alpha value is -3.48. The van der Waals surface area contributed by atoms with Crippen molar-refractivity contribution in [1.82, 2.24) is 19.6 Å². The molecule has 0 aliphatic heterocycles. The van der Waals surface area contributed by atoms with Crippen molar-refractivity contribution in [2.45, 2.75) is 13.1 Å². The average Bonchev–Trinajstić information content (AvgIpc) is 3.33. The van der Waals surface area contributed by atoms with Crippen LogP contribution in [0.4, 0.5) is 0 Å². The fourth-order valence-corrected chi connectivity index (χ4v) is 2.66. The predicted octanol–water partition coefficient (Wildman–Crippen LogP) is 3.17. The molecule has 0 atom stereocenters. The molecule has 0 amide bonds. The van der Waals surface area contributed by atoms with Crippen molar-refractivity contribution >= 4 is 7.69 Å². The monoisotopic (exact) mass is 357 g/mol. The van der Waals surface area contributed by atoms with Gasteiger partial charge in [-0.2, -0.15) is 10.2 Å². The Morgan fingerprint density at radius 1 is 0.667 bits per heavy atom. The summed E-state index contributed by atoms with van der Waals surface area (Å²) in [6.07, 6.45) is 6.96. The molecule has 2 heterocycles. The summed E-state index contributed by atoms with van der Waals surface area (Å²) in [5.74, 6) is 1.23. The van der Waals surface area contributed by atoms with Crippen LogP contribution in [0.2, 0.25) is 0 Å². The van der Waals surface area contributed by atoms with Crippen LogP contribution < -0.4 is 9.31 Å². The maximum Gasteiger partial charge on any atom is 0.658 e. The van der Waals surface area contributed by atoms with Gasteiger partial charge in [0, 0.05) is 0 Å². The third-order valence-electron chi connectivity index (χ3n) is 3.96. The van der Waals surface area contributed by atoms with E-state index < -0.39 is 0 Å². The summed E-state index contributed by atoms with van der Waals surface area (Å²) in [4.78, 5) is 0. The van der Waals surface area contributed by atoms with E-state index in [0.717, 1.165) is 0 Å². The van der Waals surface area contributed by atoms with E-state index >= 15 is 0 Å². The number of hydrogen-bond acceptors (Lipinski definition) is 4. The van der Waals surface area contributed by atoms with Crippen molar-refractivity contribution in [3.05, 3.63) is 96.6 Å². The second kappa shape index (κ2) is 8.27. The van der Waals surface area contributed by atoms with Gasteiger partial charge in [0.05, 0.1) is 37.9 Å². The van der Waals surface area contributed by atoms with Crippen LogP contribution in [0.5, 0.6) is 11.5 Å². The van der Waals surface area contributed by atoms with Crippen molar-refractivity contribution < 1.29 is 9.31 Å². The highest BCUT2D eigenvalue weighted by molar-refractivity contribution is 6.20. The largest absolute Gasteiger partial charge is 0.658 e. The lowest BCUT2D eigenvalue weighted by atomic mass is 10.2. The van der Waals surface area contributed by atoms with Crippen LogP contribution in [0, 0.1) is 0 Å². The van der Waals surface area contributed by atoms with E-state index in [1.807, 2.05) is 58.2 Å². The molecule has 7 heteroatoms. The van der Waals surface area contributed by atoms with Gasteiger partial charge in [-0.3, -0.25) is 9.36 Å². The molecule has 0 aliphatic rings. The van der Waals surface area contributed by atoms with Gasteiger partial charge in [0.25, 0.3) is 0 Å². The van der Waals surface area contributed by atoms with Crippen LogP contribution in [0.3, 0.4) is 0 Å². The summed E-state index contributed by atoms with van der Waals surface area (Å²) in [5, 5.41) is 8.58. The third-order valence-corrected chi connectivity index (χ3v) is 3.96. The molecule has 0 fully saturated rings. The number of nitrogens with zero attached hydrogens (tertiary/aromatic N) is 4. The summed E-state index contributed by atoms with van der Waals surface area (Å²) in [7, 11) is 1.29. The average molecular weight is 357 g/mol. The normalized spacial score (nSPS) is 10.5. The van der Waals surface area contributed by atoms with Gasteiger partial charge >= 0.3 is 7.69 Å². The van der Waals surface area contributed by atoms with Gasteiger partial charge in [-0.25, -0.2) is 0 Å². The first kappa shape index (κ1) is 17.0. The summed E-state index contributed by atoms with van der Waals surface area (Å²) in [5.41, 5.74) is 2.36. The quantitative estimate of drug-likeness (QED) is 0.455. The van der Waals surface area contributed by atoms with Crippen LogP contribution in [0.25, 0.3) is 0 Å². The first-order valence-corrected chi connectivity index (χ1v) is 8.63. The number of hydrogen-bond donors (Lipinski definition) is 0. The zero-order valence-electron chi connectivity index (χ0n) is 14.7. The first-order chi connectivity index (χ1) is 13.3. The summed E-state index contributed by atoms with van der Waals surface area (Å²) in [6, 6.07) is 20.3. The highest BCUT2D eigenvalue weighted by atomic mass is 16.6. The second-order valence-corrected chi connectivity index (χ2v) is 6.05. The van der Waals surface area contributed by atoms with Crippen molar-refractivity contribution in [2.24, 2.45) is 0 Å². The van der Waals surface area contributed by atoms with Crippen LogP contribution >= 0.6 is 0 Å². The maximum atomic E-state index is 5.49. The standard InChI is InChI=1S/C20H18BN4O2/c1-3-7-17(8-4-1)13-24-15-19(11-22-24)26-21-27-20-12-23-25(16-20)14-18-9-5-2-6-10-18/h1-12,15-16H,13-14H2. The molecule has 0 spiro atoms. The molecule has 0 unspecified atom stereocenters. The Morgan fingerprint density at radius 2 is 1.11 bits per heavy atom. The fraction of sp³-hybridized carbons (Fsp3) is 0.100. The van der Waals surface area contributed by atoms with Crippen LogP contribution in [0.1, 0.15) is 11.1 Å². The summed E-state index contributed by atoms with van der Waals surface area (Å²) >= 11 is 0. The van der Waals surface area contributed by atoms with E-state index in [1.165, 1.54) is 18.8 Å². The van der Waals surface area contributed by atoms with E-state index in [-0.39, 0.29) is 0 Å². The lowest BCUT2D eigenvalue weighted by Crippen LogP contribution is -2.10. The molecule has 133 valence electrons. The summed E-state index contributed by atoms with van der Waals surface area (Å²) < 4.78 is 14.6. The van der Waals surface area contributed by atoms with Crippen LogP contribution in [0.15, 0.2) is 85.5 Å². The SMILES string of the molecule is [B](Oc1cnn(Cc2ccccc2)c1)Oc1cnn(Cc2ccccc2)c1.